The van der Waals surface area contributed by atoms with Gasteiger partial charge in [-0.2, -0.15) is 4.98 Å². The van der Waals surface area contributed by atoms with Gasteiger partial charge in [0.05, 0.1) is 0 Å². The maximum absolute atomic E-state index is 6.02. The van der Waals surface area contributed by atoms with E-state index < -0.39 is 0 Å². The zero-order chi connectivity index (χ0) is 14.0. The summed E-state index contributed by atoms with van der Waals surface area (Å²) >= 11 is 8.26. The second-order valence-corrected chi connectivity index (χ2v) is 6.79. The third-order valence-corrected chi connectivity index (χ3v) is 3.29. The fraction of sp³-hybridized carbons (Fsp3) is 0.286. The Kier molecular flexibility index (Phi) is 4.30. The van der Waals surface area contributed by atoms with Crippen LogP contribution in [0.2, 0.25) is 5.15 Å². The Labute approximate surface area is 131 Å². The standard InChI is InChI=1S/C14H14ClIN2O/c1-14(2,3)13-17-11(15)8-12(18-13)19-10-6-4-9(16)5-7-10/h4-8H,1-3H3. The van der Waals surface area contributed by atoms with Crippen LogP contribution in [0, 0.1) is 3.57 Å². The topological polar surface area (TPSA) is 35.0 Å². The number of halogens is 2. The van der Waals surface area contributed by atoms with Gasteiger partial charge in [0.2, 0.25) is 5.88 Å². The molecule has 1 aromatic heterocycles. The van der Waals surface area contributed by atoms with E-state index in [0.717, 1.165) is 9.32 Å². The number of hydrogen-bond acceptors (Lipinski definition) is 3. The van der Waals surface area contributed by atoms with Crippen molar-refractivity contribution in [2.24, 2.45) is 0 Å². The van der Waals surface area contributed by atoms with Crippen molar-refractivity contribution >= 4 is 34.2 Å². The summed E-state index contributed by atoms with van der Waals surface area (Å²) in [5.74, 6) is 1.86. The smallest absolute Gasteiger partial charge is 0.224 e. The molecule has 0 aliphatic carbocycles. The fourth-order valence-corrected chi connectivity index (χ4v) is 1.94. The summed E-state index contributed by atoms with van der Waals surface area (Å²) < 4.78 is 6.86. The molecule has 0 spiro atoms. The zero-order valence-corrected chi connectivity index (χ0v) is 13.9. The first kappa shape index (κ1) is 14.5. The highest BCUT2D eigenvalue weighted by atomic mass is 127. The molecule has 0 amide bonds. The van der Waals surface area contributed by atoms with Gasteiger partial charge in [-0.05, 0) is 46.9 Å². The van der Waals surface area contributed by atoms with Crippen LogP contribution in [0.15, 0.2) is 30.3 Å². The number of benzene rings is 1. The molecule has 1 aromatic carbocycles. The first-order chi connectivity index (χ1) is 8.84. The quantitative estimate of drug-likeness (QED) is 0.546. The van der Waals surface area contributed by atoms with Crippen molar-refractivity contribution in [2.75, 3.05) is 0 Å². The minimum atomic E-state index is -0.172. The molecule has 19 heavy (non-hydrogen) atoms. The van der Waals surface area contributed by atoms with Crippen LogP contribution in [-0.2, 0) is 5.41 Å². The van der Waals surface area contributed by atoms with Crippen molar-refractivity contribution in [2.45, 2.75) is 26.2 Å². The van der Waals surface area contributed by atoms with Crippen molar-refractivity contribution < 1.29 is 4.74 Å². The first-order valence-corrected chi connectivity index (χ1v) is 7.29. The summed E-state index contributed by atoms with van der Waals surface area (Å²) in [5.41, 5.74) is -0.172. The average molecular weight is 389 g/mol. The molecule has 3 nitrogen and oxygen atoms in total. The predicted octanol–water partition coefficient (Wildman–Crippen LogP) is 4.82. The summed E-state index contributed by atoms with van der Waals surface area (Å²) in [5, 5.41) is 0.389. The molecule has 0 unspecified atom stereocenters. The Hall–Kier alpha value is -0.880. The molecule has 2 rings (SSSR count). The largest absolute Gasteiger partial charge is 0.439 e. The van der Waals surface area contributed by atoms with E-state index in [1.54, 1.807) is 6.07 Å². The van der Waals surface area contributed by atoms with Crippen molar-refractivity contribution in [1.82, 2.24) is 9.97 Å². The van der Waals surface area contributed by atoms with Gasteiger partial charge in [0, 0.05) is 15.1 Å². The number of rotatable bonds is 2. The van der Waals surface area contributed by atoms with Gasteiger partial charge in [0.15, 0.2) is 0 Å². The Balaban J connectivity index is 2.30. The van der Waals surface area contributed by atoms with Crippen molar-refractivity contribution in [3.63, 3.8) is 0 Å². The number of hydrogen-bond donors (Lipinski definition) is 0. The molecule has 0 saturated heterocycles. The monoisotopic (exact) mass is 388 g/mol. The first-order valence-electron chi connectivity index (χ1n) is 5.83. The van der Waals surface area contributed by atoms with Gasteiger partial charge in [0.25, 0.3) is 0 Å². The van der Waals surface area contributed by atoms with E-state index in [1.165, 1.54) is 0 Å². The van der Waals surface area contributed by atoms with Crippen LogP contribution in [0.25, 0.3) is 0 Å². The molecule has 0 saturated carbocycles. The predicted molar refractivity (Wildman–Crippen MR) is 85.0 cm³/mol. The molecule has 5 heteroatoms. The van der Waals surface area contributed by atoms with Gasteiger partial charge in [-0.3, -0.25) is 0 Å². The van der Waals surface area contributed by atoms with E-state index in [2.05, 4.69) is 32.6 Å². The van der Waals surface area contributed by atoms with Crippen LogP contribution in [0.5, 0.6) is 11.6 Å². The second kappa shape index (κ2) is 5.63. The maximum Gasteiger partial charge on any atom is 0.224 e. The van der Waals surface area contributed by atoms with E-state index in [4.69, 9.17) is 16.3 Å². The SMILES string of the molecule is CC(C)(C)c1nc(Cl)cc(Oc2ccc(I)cc2)n1. The van der Waals surface area contributed by atoms with Gasteiger partial charge in [0.1, 0.15) is 16.7 Å². The molecule has 0 fully saturated rings. The molecule has 2 aromatic rings. The van der Waals surface area contributed by atoms with Crippen LogP contribution < -0.4 is 4.74 Å². The van der Waals surface area contributed by atoms with Crippen molar-refractivity contribution in [3.8, 4) is 11.6 Å². The zero-order valence-electron chi connectivity index (χ0n) is 10.9. The third-order valence-electron chi connectivity index (χ3n) is 2.38. The van der Waals surface area contributed by atoms with E-state index >= 15 is 0 Å². The van der Waals surface area contributed by atoms with Crippen molar-refractivity contribution in [1.29, 1.82) is 0 Å². The highest BCUT2D eigenvalue weighted by molar-refractivity contribution is 14.1. The van der Waals surface area contributed by atoms with Gasteiger partial charge < -0.3 is 4.74 Å². The van der Waals surface area contributed by atoms with Crippen LogP contribution in [0.4, 0.5) is 0 Å². The van der Waals surface area contributed by atoms with Crippen LogP contribution >= 0.6 is 34.2 Å². The van der Waals surface area contributed by atoms with E-state index in [9.17, 15) is 0 Å². The summed E-state index contributed by atoms with van der Waals surface area (Å²) in [6.45, 7) is 6.11. The number of nitrogens with zero attached hydrogens (tertiary/aromatic N) is 2. The van der Waals surface area contributed by atoms with Gasteiger partial charge in [-0.1, -0.05) is 32.4 Å². The van der Waals surface area contributed by atoms with Gasteiger partial charge >= 0.3 is 0 Å². The minimum absolute atomic E-state index is 0.172. The molecule has 0 aliphatic rings. The summed E-state index contributed by atoms with van der Waals surface area (Å²) in [7, 11) is 0. The molecule has 1 heterocycles. The lowest BCUT2D eigenvalue weighted by Gasteiger charge is -2.17. The highest BCUT2D eigenvalue weighted by Crippen LogP contribution is 2.26. The molecule has 0 radical (unpaired) electrons. The molecule has 100 valence electrons. The molecular weight excluding hydrogens is 375 g/mol. The van der Waals surface area contributed by atoms with Crippen LogP contribution in [0.1, 0.15) is 26.6 Å². The molecule has 0 bridgehead atoms. The normalized spacial score (nSPS) is 11.4. The van der Waals surface area contributed by atoms with Crippen LogP contribution in [-0.4, -0.2) is 9.97 Å². The fourth-order valence-electron chi connectivity index (χ4n) is 1.41. The van der Waals surface area contributed by atoms with E-state index in [-0.39, 0.29) is 5.41 Å². The minimum Gasteiger partial charge on any atom is -0.439 e. The summed E-state index contributed by atoms with van der Waals surface area (Å²) in [4.78, 5) is 8.64. The highest BCUT2D eigenvalue weighted by Gasteiger charge is 2.19. The summed E-state index contributed by atoms with van der Waals surface area (Å²) in [6, 6.07) is 9.37. The lowest BCUT2D eigenvalue weighted by molar-refractivity contribution is 0.446. The Morgan fingerprint density at radius 1 is 1.11 bits per heavy atom. The maximum atomic E-state index is 6.02. The number of ether oxygens (including phenoxy) is 1. The Morgan fingerprint density at radius 3 is 2.32 bits per heavy atom. The Bertz CT molecular complexity index is 579. The molecule has 0 N–H and O–H groups in total. The van der Waals surface area contributed by atoms with Gasteiger partial charge in [-0.25, -0.2) is 4.98 Å². The number of aromatic nitrogens is 2. The summed E-state index contributed by atoms with van der Waals surface area (Å²) in [6.07, 6.45) is 0. The molecule has 0 aliphatic heterocycles. The molecular formula is C14H14ClIN2O. The van der Waals surface area contributed by atoms with Crippen molar-refractivity contribution in [3.05, 3.63) is 44.9 Å². The average Bonchev–Trinajstić information content (AvgIpc) is 2.30. The van der Waals surface area contributed by atoms with E-state index in [1.807, 2.05) is 45.0 Å². The lowest BCUT2D eigenvalue weighted by atomic mass is 9.96. The third kappa shape index (κ3) is 4.04. The second-order valence-electron chi connectivity index (χ2n) is 5.16. The molecule has 0 atom stereocenters. The van der Waals surface area contributed by atoms with E-state index in [0.29, 0.717) is 16.9 Å². The van der Waals surface area contributed by atoms with Crippen LogP contribution in [0.3, 0.4) is 0 Å². The Morgan fingerprint density at radius 2 is 1.74 bits per heavy atom. The van der Waals surface area contributed by atoms with Gasteiger partial charge in [-0.15, -0.1) is 0 Å². The lowest BCUT2D eigenvalue weighted by Crippen LogP contribution is -2.16.